The van der Waals surface area contributed by atoms with Crippen molar-refractivity contribution in [3.63, 3.8) is 0 Å². The number of aryl methyl sites for hydroxylation is 1. The van der Waals surface area contributed by atoms with Crippen LogP contribution in [-0.2, 0) is 4.79 Å². The van der Waals surface area contributed by atoms with Crippen molar-refractivity contribution in [2.24, 2.45) is 0 Å². The molecule has 1 aromatic heterocycles. The van der Waals surface area contributed by atoms with Crippen LogP contribution in [0.15, 0.2) is 18.3 Å². The molecule has 1 amide bonds. The fourth-order valence-corrected chi connectivity index (χ4v) is 3.44. The summed E-state index contributed by atoms with van der Waals surface area (Å²) in [4.78, 5) is 23.3. The molecule has 26 heavy (non-hydrogen) atoms. The Morgan fingerprint density at radius 1 is 1.12 bits per heavy atom. The normalized spacial score (nSPS) is 20.3. The number of piperidine rings is 1. The lowest BCUT2D eigenvalue weighted by molar-refractivity contribution is -0.138. The van der Waals surface area contributed by atoms with Crippen LogP contribution in [0.25, 0.3) is 0 Å². The first-order valence-electron chi connectivity index (χ1n) is 9.81. The number of piperazine rings is 1. The smallest absolute Gasteiger partial charge is 0.225 e. The highest BCUT2D eigenvalue weighted by molar-refractivity contribution is 5.77. The molecule has 0 atom stereocenters. The Morgan fingerprint density at radius 2 is 1.73 bits per heavy atom. The van der Waals surface area contributed by atoms with E-state index < -0.39 is 5.60 Å². The Balaban J connectivity index is 0.00000117. The largest absolute Gasteiger partial charge is 0.389 e. The predicted molar refractivity (Wildman–Crippen MR) is 105 cm³/mol. The number of aliphatic hydroxyl groups is 1. The van der Waals surface area contributed by atoms with Crippen LogP contribution in [0.4, 0.5) is 5.82 Å². The lowest BCUT2D eigenvalue weighted by Crippen LogP contribution is -2.52. The van der Waals surface area contributed by atoms with Gasteiger partial charge in [0, 0.05) is 45.5 Å². The molecule has 1 aromatic rings. The average molecular weight is 363 g/mol. The van der Waals surface area contributed by atoms with Crippen LogP contribution in [-0.4, -0.2) is 77.7 Å². The van der Waals surface area contributed by atoms with Gasteiger partial charge in [-0.2, -0.15) is 0 Å². The van der Waals surface area contributed by atoms with Crippen LogP contribution >= 0.6 is 0 Å². The summed E-state index contributed by atoms with van der Waals surface area (Å²) in [5.74, 6) is 1.06. The standard InChI is InChI=1S/C18H28N4O2.C2H6/c1-15-3-4-16(19-14-15)21-9-11-22(12-10-21)17(23)13-18(24)5-7-20(2)8-6-18;1-2/h3-4,14,24H,5-13H2,1-2H3;1-2H3. The third kappa shape index (κ3) is 5.42. The van der Waals surface area contributed by atoms with E-state index in [1.54, 1.807) is 0 Å². The van der Waals surface area contributed by atoms with Crippen molar-refractivity contribution >= 4 is 11.7 Å². The molecule has 2 aliphatic heterocycles. The first kappa shape index (κ1) is 20.6. The average Bonchev–Trinajstić information content (AvgIpc) is 2.67. The minimum absolute atomic E-state index is 0.0820. The maximum Gasteiger partial charge on any atom is 0.225 e. The van der Waals surface area contributed by atoms with Crippen molar-refractivity contribution in [3.8, 4) is 0 Å². The van der Waals surface area contributed by atoms with Gasteiger partial charge in [0.05, 0.1) is 12.0 Å². The quantitative estimate of drug-likeness (QED) is 0.890. The molecule has 1 N–H and O–H groups in total. The molecule has 0 spiro atoms. The number of hydrogen-bond donors (Lipinski definition) is 1. The van der Waals surface area contributed by atoms with E-state index in [0.717, 1.165) is 37.6 Å². The molecule has 3 rings (SSSR count). The second kappa shape index (κ2) is 9.33. The molecule has 0 bridgehead atoms. The van der Waals surface area contributed by atoms with Crippen LogP contribution in [0, 0.1) is 6.92 Å². The minimum atomic E-state index is -0.820. The van der Waals surface area contributed by atoms with Crippen molar-refractivity contribution in [2.75, 3.05) is 51.2 Å². The van der Waals surface area contributed by atoms with Gasteiger partial charge in [0.25, 0.3) is 0 Å². The number of aromatic nitrogens is 1. The first-order chi connectivity index (χ1) is 12.5. The molecule has 2 saturated heterocycles. The van der Waals surface area contributed by atoms with E-state index in [4.69, 9.17) is 0 Å². The monoisotopic (exact) mass is 362 g/mol. The van der Waals surface area contributed by atoms with Crippen LogP contribution in [0.1, 0.15) is 38.7 Å². The van der Waals surface area contributed by atoms with Crippen LogP contribution < -0.4 is 4.90 Å². The van der Waals surface area contributed by atoms with Gasteiger partial charge < -0.3 is 19.8 Å². The predicted octanol–water partition coefficient (Wildman–Crippen LogP) is 1.91. The van der Waals surface area contributed by atoms with Crippen molar-refractivity contribution in [1.29, 1.82) is 0 Å². The fraction of sp³-hybridized carbons (Fsp3) is 0.700. The van der Waals surface area contributed by atoms with Gasteiger partial charge >= 0.3 is 0 Å². The molecule has 2 aliphatic rings. The zero-order valence-electron chi connectivity index (χ0n) is 16.7. The Kier molecular flexibility index (Phi) is 7.41. The number of rotatable bonds is 3. The molecule has 0 aromatic carbocycles. The Bertz CT molecular complexity index is 560. The summed E-state index contributed by atoms with van der Waals surface area (Å²) < 4.78 is 0. The number of pyridine rings is 1. The number of anilines is 1. The molecule has 146 valence electrons. The molecule has 0 aliphatic carbocycles. The maximum absolute atomic E-state index is 12.6. The van der Waals surface area contributed by atoms with Crippen LogP contribution in [0.3, 0.4) is 0 Å². The van der Waals surface area contributed by atoms with Gasteiger partial charge in [-0.15, -0.1) is 0 Å². The van der Waals surface area contributed by atoms with E-state index in [2.05, 4.69) is 27.9 Å². The van der Waals surface area contributed by atoms with E-state index in [1.165, 1.54) is 0 Å². The summed E-state index contributed by atoms with van der Waals surface area (Å²) in [7, 11) is 2.06. The summed E-state index contributed by atoms with van der Waals surface area (Å²) in [6.45, 7) is 10.7. The molecule has 0 radical (unpaired) electrons. The second-order valence-corrected chi connectivity index (χ2v) is 7.27. The number of carbonyl (C=O) groups is 1. The van der Waals surface area contributed by atoms with E-state index in [0.29, 0.717) is 25.9 Å². The molecular formula is C20H34N4O2. The number of likely N-dealkylation sites (tertiary alicyclic amines) is 1. The van der Waals surface area contributed by atoms with Gasteiger partial charge in [-0.25, -0.2) is 4.98 Å². The SMILES string of the molecule is CC.Cc1ccc(N2CCN(C(=O)CC3(O)CCN(C)CC3)CC2)nc1. The van der Waals surface area contributed by atoms with Crippen molar-refractivity contribution in [2.45, 2.75) is 45.6 Å². The highest BCUT2D eigenvalue weighted by Crippen LogP contribution is 2.26. The van der Waals surface area contributed by atoms with Gasteiger partial charge in [0.15, 0.2) is 0 Å². The fourth-order valence-electron chi connectivity index (χ4n) is 3.44. The summed E-state index contributed by atoms with van der Waals surface area (Å²) in [6.07, 6.45) is 3.50. The molecule has 3 heterocycles. The molecule has 2 fully saturated rings. The van der Waals surface area contributed by atoms with Gasteiger partial charge in [-0.3, -0.25) is 4.79 Å². The van der Waals surface area contributed by atoms with E-state index >= 15 is 0 Å². The van der Waals surface area contributed by atoms with E-state index in [1.807, 2.05) is 37.9 Å². The van der Waals surface area contributed by atoms with Gasteiger partial charge in [0.1, 0.15) is 5.82 Å². The van der Waals surface area contributed by atoms with E-state index in [-0.39, 0.29) is 12.3 Å². The van der Waals surface area contributed by atoms with Crippen molar-refractivity contribution < 1.29 is 9.90 Å². The molecule has 6 nitrogen and oxygen atoms in total. The van der Waals surface area contributed by atoms with Crippen molar-refractivity contribution in [1.82, 2.24) is 14.8 Å². The Hall–Kier alpha value is -1.66. The molecule has 0 saturated carbocycles. The molecule has 6 heteroatoms. The molecular weight excluding hydrogens is 328 g/mol. The van der Waals surface area contributed by atoms with Gasteiger partial charge in [-0.1, -0.05) is 19.9 Å². The number of hydrogen-bond acceptors (Lipinski definition) is 5. The number of carbonyl (C=O) groups excluding carboxylic acids is 1. The highest BCUT2D eigenvalue weighted by Gasteiger charge is 2.35. The summed E-state index contributed by atoms with van der Waals surface area (Å²) >= 11 is 0. The summed E-state index contributed by atoms with van der Waals surface area (Å²) in [5, 5.41) is 10.7. The Labute approximate surface area is 157 Å². The second-order valence-electron chi connectivity index (χ2n) is 7.27. The summed E-state index contributed by atoms with van der Waals surface area (Å²) in [5.41, 5.74) is 0.332. The lowest BCUT2D eigenvalue weighted by Gasteiger charge is -2.39. The highest BCUT2D eigenvalue weighted by atomic mass is 16.3. The minimum Gasteiger partial charge on any atom is -0.389 e. The van der Waals surface area contributed by atoms with Gasteiger partial charge in [0.2, 0.25) is 5.91 Å². The third-order valence-corrected chi connectivity index (χ3v) is 5.25. The number of nitrogens with zero attached hydrogens (tertiary/aromatic N) is 4. The van der Waals surface area contributed by atoms with E-state index in [9.17, 15) is 9.90 Å². The zero-order valence-corrected chi connectivity index (χ0v) is 16.7. The summed E-state index contributed by atoms with van der Waals surface area (Å²) in [6, 6.07) is 4.10. The first-order valence-corrected chi connectivity index (χ1v) is 9.81. The molecule has 0 unspecified atom stereocenters. The number of amides is 1. The van der Waals surface area contributed by atoms with Gasteiger partial charge in [-0.05, 0) is 38.4 Å². The Morgan fingerprint density at radius 3 is 2.27 bits per heavy atom. The maximum atomic E-state index is 12.6. The third-order valence-electron chi connectivity index (χ3n) is 5.25. The van der Waals surface area contributed by atoms with Crippen molar-refractivity contribution in [3.05, 3.63) is 23.9 Å². The van der Waals surface area contributed by atoms with Crippen LogP contribution in [0.5, 0.6) is 0 Å². The lowest BCUT2D eigenvalue weighted by atomic mass is 9.88. The topological polar surface area (TPSA) is 59.9 Å². The zero-order chi connectivity index (χ0) is 19.2. The van der Waals surface area contributed by atoms with Crippen LogP contribution in [0.2, 0.25) is 0 Å².